The zero-order valence-corrected chi connectivity index (χ0v) is 9.57. The summed E-state index contributed by atoms with van der Waals surface area (Å²) in [6.07, 6.45) is 6.36. The van der Waals surface area contributed by atoms with Crippen LogP contribution in [0.2, 0.25) is 0 Å². The van der Waals surface area contributed by atoms with Crippen molar-refractivity contribution in [3.05, 3.63) is 22.7 Å². The van der Waals surface area contributed by atoms with Gasteiger partial charge in [0.05, 0.1) is 5.54 Å². The van der Waals surface area contributed by atoms with E-state index in [0.717, 1.165) is 25.8 Å². The fourth-order valence-corrected chi connectivity index (χ4v) is 1.73. The van der Waals surface area contributed by atoms with Crippen molar-refractivity contribution < 1.29 is 0 Å². The zero-order valence-electron chi connectivity index (χ0n) is 9.57. The normalized spacial score (nSPS) is 17.1. The molecule has 0 spiro atoms. The first kappa shape index (κ1) is 11.1. The summed E-state index contributed by atoms with van der Waals surface area (Å²) >= 11 is 0. The van der Waals surface area contributed by atoms with Crippen LogP contribution in [-0.2, 0) is 6.54 Å². The molecule has 0 saturated heterocycles. The second kappa shape index (κ2) is 4.25. The second-order valence-corrected chi connectivity index (χ2v) is 4.38. The number of hydrogen-bond acceptors (Lipinski definition) is 4. The number of hydrogen-bond donors (Lipinski definition) is 2. The van der Waals surface area contributed by atoms with Gasteiger partial charge >= 0.3 is 0 Å². The molecule has 0 atom stereocenters. The maximum absolute atomic E-state index is 12.0. The zero-order chi connectivity index (χ0) is 11.6. The van der Waals surface area contributed by atoms with Gasteiger partial charge in [0.25, 0.3) is 5.56 Å². The molecule has 16 heavy (non-hydrogen) atoms. The van der Waals surface area contributed by atoms with Gasteiger partial charge in [-0.2, -0.15) is 0 Å². The minimum absolute atomic E-state index is 0.0518. The summed E-state index contributed by atoms with van der Waals surface area (Å²) < 4.78 is 1.68. The summed E-state index contributed by atoms with van der Waals surface area (Å²) in [5, 5.41) is 3.18. The molecule has 0 bridgehead atoms. The molecule has 0 aromatic carbocycles. The molecule has 3 N–H and O–H groups in total. The van der Waals surface area contributed by atoms with E-state index in [1.54, 1.807) is 17.0 Å². The lowest BCUT2D eigenvalue weighted by Gasteiger charge is -2.15. The Morgan fingerprint density at radius 2 is 2.38 bits per heavy atom. The van der Waals surface area contributed by atoms with Crippen LogP contribution in [0.25, 0.3) is 0 Å². The van der Waals surface area contributed by atoms with Crippen molar-refractivity contribution in [2.75, 3.05) is 11.9 Å². The minimum atomic E-state index is -0.0719. The van der Waals surface area contributed by atoms with Crippen LogP contribution in [0.15, 0.2) is 17.2 Å². The molecule has 88 valence electrons. The highest BCUT2D eigenvalue weighted by Crippen LogP contribution is 2.36. The second-order valence-electron chi connectivity index (χ2n) is 4.38. The lowest BCUT2D eigenvalue weighted by Crippen LogP contribution is -2.35. The first-order chi connectivity index (χ1) is 7.71. The summed E-state index contributed by atoms with van der Waals surface area (Å²) in [6, 6.07) is 0. The molecule has 0 amide bonds. The fourth-order valence-electron chi connectivity index (χ4n) is 1.73. The molecule has 1 saturated carbocycles. The molecule has 0 aliphatic heterocycles. The number of nitrogens with zero attached hydrogens (tertiary/aromatic N) is 2. The maximum Gasteiger partial charge on any atom is 0.293 e. The largest absolute Gasteiger partial charge is 0.359 e. The summed E-state index contributed by atoms with van der Waals surface area (Å²) in [5.41, 5.74) is 5.54. The molecule has 1 aromatic rings. The molecular weight excluding hydrogens is 204 g/mol. The monoisotopic (exact) mass is 222 g/mol. The molecule has 1 aliphatic rings. The van der Waals surface area contributed by atoms with Gasteiger partial charge in [-0.15, -0.1) is 0 Å². The lowest BCUT2D eigenvalue weighted by atomic mass is 10.3. The van der Waals surface area contributed by atoms with Gasteiger partial charge in [-0.1, -0.05) is 6.92 Å². The Morgan fingerprint density at radius 3 is 2.94 bits per heavy atom. The van der Waals surface area contributed by atoms with Gasteiger partial charge in [-0.05, 0) is 19.3 Å². The van der Waals surface area contributed by atoms with Crippen LogP contribution >= 0.6 is 0 Å². The molecule has 5 heteroatoms. The number of aryl methyl sites for hydroxylation is 1. The van der Waals surface area contributed by atoms with Gasteiger partial charge in [0.15, 0.2) is 5.82 Å². The van der Waals surface area contributed by atoms with Crippen molar-refractivity contribution in [3.63, 3.8) is 0 Å². The number of rotatable bonds is 5. The Bertz CT molecular complexity index is 422. The van der Waals surface area contributed by atoms with Crippen LogP contribution in [0.5, 0.6) is 0 Å². The SMILES string of the molecule is CCCn1ccnc(NC2(CN)CC2)c1=O. The first-order valence-electron chi connectivity index (χ1n) is 5.74. The average molecular weight is 222 g/mol. The van der Waals surface area contributed by atoms with Gasteiger partial charge in [0, 0.05) is 25.5 Å². The number of nitrogens with two attached hydrogens (primary N) is 1. The molecule has 1 fully saturated rings. The van der Waals surface area contributed by atoms with Gasteiger partial charge in [-0.25, -0.2) is 4.98 Å². The molecule has 1 aromatic heterocycles. The molecule has 2 rings (SSSR count). The standard InChI is InChI=1S/C11H18N4O/c1-2-6-15-7-5-13-9(10(15)16)14-11(8-12)3-4-11/h5,7H,2-4,6,8,12H2,1H3,(H,13,14). The van der Waals surface area contributed by atoms with Crippen LogP contribution in [0.4, 0.5) is 5.82 Å². The smallest absolute Gasteiger partial charge is 0.293 e. The van der Waals surface area contributed by atoms with Gasteiger partial charge in [-0.3, -0.25) is 4.79 Å². The third-order valence-corrected chi connectivity index (χ3v) is 3.01. The summed E-state index contributed by atoms with van der Waals surface area (Å²) in [6.45, 7) is 3.32. The fraction of sp³-hybridized carbons (Fsp3) is 0.636. The van der Waals surface area contributed by atoms with Crippen molar-refractivity contribution >= 4 is 5.82 Å². The van der Waals surface area contributed by atoms with Gasteiger partial charge in [0.2, 0.25) is 0 Å². The van der Waals surface area contributed by atoms with Crippen molar-refractivity contribution in [2.24, 2.45) is 5.73 Å². The van der Waals surface area contributed by atoms with Crippen molar-refractivity contribution in [1.29, 1.82) is 0 Å². The van der Waals surface area contributed by atoms with Crippen molar-refractivity contribution in [2.45, 2.75) is 38.3 Å². The molecule has 5 nitrogen and oxygen atoms in total. The van der Waals surface area contributed by atoms with Crippen LogP contribution in [-0.4, -0.2) is 21.6 Å². The number of nitrogens with one attached hydrogen (secondary N) is 1. The first-order valence-corrected chi connectivity index (χ1v) is 5.74. The Balaban J connectivity index is 2.21. The molecule has 1 aliphatic carbocycles. The quantitative estimate of drug-likeness (QED) is 0.763. The summed E-state index contributed by atoms with van der Waals surface area (Å²) in [5.74, 6) is 0.430. The Morgan fingerprint density at radius 1 is 1.62 bits per heavy atom. The number of anilines is 1. The van der Waals surface area contributed by atoms with E-state index in [0.29, 0.717) is 12.4 Å². The third kappa shape index (κ3) is 2.09. The topological polar surface area (TPSA) is 72.9 Å². The predicted molar refractivity (Wildman–Crippen MR) is 63.4 cm³/mol. The molecular formula is C11H18N4O. The van der Waals surface area contributed by atoms with Crippen molar-refractivity contribution in [3.8, 4) is 0 Å². The van der Waals surface area contributed by atoms with Gasteiger partial charge in [0.1, 0.15) is 0 Å². The Kier molecular flexibility index (Phi) is 2.96. The minimum Gasteiger partial charge on any atom is -0.359 e. The van der Waals surface area contributed by atoms with E-state index in [9.17, 15) is 4.79 Å². The highest BCUT2D eigenvalue weighted by Gasteiger charge is 2.42. The van der Waals surface area contributed by atoms with Crippen molar-refractivity contribution in [1.82, 2.24) is 9.55 Å². The van der Waals surface area contributed by atoms with Crippen LogP contribution < -0.4 is 16.6 Å². The van der Waals surface area contributed by atoms with E-state index < -0.39 is 0 Å². The number of aromatic nitrogens is 2. The van der Waals surface area contributed by atoms with E-state index in [4.69, 9.17) is 5.73 Å². The maximum atomic E-state index is 12.0. The predicted octanol–water partition coefficient (Wildman–Crippen LogP) is 0.556. The average Bonchev–Trinajstić information content (AvgIpc) is 3.05. The highest BCUT2D eigenvalue weighted by molar-refractivity contribution is 5.38. The summed E-state index contributed by atoms with van der Waals surface area (Å²) in [7, 11) is 0. The van der Waals surface area contributed by atoms with Gasteiger partial charge < -0.3 is 15.6 Å². The van der Waals surface area contributed by atoms with Crippen LogP contribution in [0, 0.1) is 0 Å². The Hall–Kier alpha value is -1.36. The van der Waals surface area contributed by atoms with E-state index in [2.05, 4.69) is 10.3 Å². The molecule has 0 unspecified atom stereocenters. The van der Waals surface area contributed by atoms with E-state index in [-0.39, 0.29) is 11.1 Å². The Labute approximate surface area is 94.7 Å². The van der Waals surface area contributed by atoms with Crippen LogP contribution in [0.1, 0.15) is 26.2 Å². The van der Waals surface area contributed by atoms with E-state index in [1.807, 2.05) is 6.92 Å². The highest BCUT2D eigenvalue weighted by atomic mass is 16.1. The van der Waals surface area contributed by atoms with Crippen LogP contribution in [0.3, 0.4) is 0 Å². The summed E-state index contributed by atoms with van der Waals surface area (Å²) in [4.78, 5) is 16.1. The van der Waals surface area contributed by atoms with E-state index in [1.165, 1.54) is 0 Å². The van der Waals surface area contributed by atoms with E-state index >= 15 is 0 Å². The molecule has 1 heterocycles. The lowest BCUT2D eigenvalue weighted by molar-refractivity contribution is 0.644. The third-order valence-electron chi connectivity index (χ3n) is 3.01. The molecule has 0 radical (unpaired) electrons.